The lowest BCUT2D eigenvalue weighted by atomic mass is 10.1. The van der Waals surface area contributed by atoms with E-state index in [0.29, 0.717) is 13.2 Å². The van der Waals surface area contributed by atoms with Gasteiger partial charge in [-0.2, -0.15) is 0 Å². The normalized spacial score (nSPS) is 16.6. The second-order valence-corrected chi connectivity index (χ2v) is 4.55. The fourth-order valence-electron chi connectivity index (χ4n) is 2.23. The summed E-state index contributed by atoms with van der Waals surface area (Å²) in [6.07, 6.45) is 1.66. The zero-order valence-electron chi connectivity index (χ0n) is 11.7. The first-order valence-electron chi connectivity index (χ1n) is 6.58. The molecule has 1 aromatic heterocycles. The Hall–Kier alpha value is -1.70. The molecule has 2 heterocycles. The van der Waals surface area contributed by atoms with Crippen LogP contribution in [0, 0.1) is 0 Å². The highest BCUT2D eigenvalue weighted by Gasteiger charge is 2.24. The number of hydrogen-bond acceptors (Lipinski definition) is 3. The molecule has 21 heavy (non-hydrogen) atoms. The summed E-state index contributed by atoms with van der Waals surface area (Å²) in [5.74, 6) is 2.54. The number of guanidine groups is 1. The third-order valence-corrected chi connectivity index (χ3v) is 3.24. The Bertz CT molecular complexity index is 599. The van der Waals surface area contributed by atoms with Gasteiger partial charge in [-0.15, -0.1) is 24.0 Å². The maximum absolute atomic E-state index is 5.64. The van der Waals surface area contributed by atoms with Gasteiger partial charge in [0, 0.05) is 12.6 Å². The van der Waals surface area contributed by atoms with Gasteiger partial charge in [0.2, 0.25) is 0 Å². The summed E-state index contributed by atoms with van der Waals surface area (Å²) < 4.78 is 10.9. The minimum Gasteiger partial charge on any atom is -0.491 e. The largest absolute Gasteiger partial charge is 0.491 e. The van der Waals surface area contributed by atoms with Crippen molar-refractivity contribution >= 4 is 29.9 Å². The van der Waals surface area contributed by atoms with Crippen molar-refractivity contribution in [2.45, 2.75) is 12.6 Å². The van der Waals surface area contributed by atoms with Crippen molar-refractivity contribution in [3.05, 3.63) is 54.0 Å². The molecule has 1 atom stereocenters. The molecule has 6 heteroatoms. The van der Waals surface area contributed by atoms with Gasteiger partial charge >= 0.3 is 0 Å². The number of aliphatic imine (C=N–C) groups is 1. The minimum absolute atomic E-state index is 0. The summed E-state index contributed by atoms with van der Waals surface area (Å²) in [6, 6.07) is 12.0. The van der Waals surface area contributed by atoms with Gasteiger partial charge in [-0.05, 0) is 18.2 Å². The topological polar surface area (TPSA) is 58.8 Å². The molecule has 0 bridgehead atoms. The Morgan fingerprint density at radius 2 is 2.14 bits per heavy atom. The van der Waals surface area contributed by atoms with Crippen molar-refractivity contribution in [3.8, 4) is 5.75 Å². The lowest BCUT2D eigenvalue weighted by Crippen LogP contribution is -2.39. The maximum Gasteiger partial charge on any atom is 0.191 e. The predicted octanol–water partition coefficient (Wildman–Crippen LogP) is 2.70. The first-order chi connectivity index (χ1) is 9.86. The SMILES string of the molecule is CN=C(NCc1ccco1)NC1COc2ccccc21.I. The third-order valence-electron chi connectivity index (χ3n) is 3.24. The van der Waals surface area contributed by atoms with E-state index in [1.807, 2.05) is 30.3 Å². The molecule has 0 spiro atoms. The number of rotatable bonds is 3. The molecule has 1 unspecified atom stereocenters. The molecule has 2 aromatic rings. The molecule has 3 rings (SSSR count). The second kappa shape index (κ2) is 7.35. The molecule has 0 amide bonds. The van der Waals surface area contributed by atoms with Crippen molar-refractivity contribution in [1.29, 1.82) is 0 Å². The first kappa shape index (κ1) is 15.7. The zero-order chi connectivity index (χ0) is 13.8. The lowest BCUT2D eigenvalue weighted by molar-refractivity contribution is 0.323. The van der Waals surface area contributed by atoms with Gasteiger partial charge in [-0.3, -0.25) is 4.99 Å². The van der Waals surface area contributed by atoms with Crippen LogP contribution < -0.4 is 15.4 Å². The van der Waals surface area contributed by atoms with Crippen LogP contribution in [0.3, 0.4) is 0 Å². The number of nitrogens with one attached hydrogen (secondary N) is 2. The molecule has 0 radical (unpaired) electrons. The standard InChI is InChI=1S/C15H17N3O2.HI/c1-16-15(17-9-11-5-4-8-19-11)18-13-10-20-14-7-3-2-6-12(13)14;/h2-8,13H,9-10H2,1H3,(H2,16,17,18);1H. The molecule has 2 N–H and O–H groups in total. The summed E-state index contributed by atoms with van der Waals surface area (Å²) in [7, 11) is 1.75. The van der Waals surface area contributed by atoms with Crippen LogP contribution in [0.25, 0.3) is 0 Å². The average molecular weight is 399 g/mol. The number of benzene rings is 1. The van der Waals surface area contributed by atoms with Gasteiger partial charge in [-0.25, -0.2) is 0 Å². The summed E-state index contributed by atoms with van der Waals surface area (Å²) in [5, 5.41) is 6.58. The van der Waals surface area contributed by atoms with E-state index in [4.69, 9.17) is 9.15 Å². The molecule has 1 aromatic carbocycles. The number of halogens is 1. The van der Waals surface area contributed by atoms with Crippen LogP contribution in [0.1, 0.15) is 17.4 Å². The molecule has 112 valence electrons. The smallest absolute Gasteiger partial charge is 0.191 e. The van der Waals surface area contributed by atoms with Crippen LogP contribution in [-0.4, -0.2) is 19.6 Å². The highest BCUT2D eigenvalue weighted by atomic mass is 127. The van der Waals surface area contributed by atoms with Crippen LogP contribution in [0.15, 0.2) is 52.1 Å². The van der Waals surface area contributed by atoms with Crippen molar-refractivity contribution in [2.75, 3.05) is 13.7 Å². The number of fused-ring (bicyclic) bond motifs is 1. The Morgan fingerprint density at radius 3 is 2.90 bits per heavy atom. The first-order valence-corrected chi connectivity index (χ1v) is 6.58. The Balaban J connectivity index is 0.00000161. The molecule has 0 aliphatic carbocycles. The number of ether oxygens (including phenoxy) is 1. The Morgan fingerprint density at radius 1 is 1.29 bits per heavy atom. The van der Waals surface area contributed by atoms with Crippen LogP contribution in [0.5, 0.6) is 5.75 Å². The van der Waals surface area contributed by atoms with E-state index in [1.165, 1.54) is 0 Å². The van der Waals surface area contributed by atoms with Gasteiger partial charge in [0.05, 0.1) is 18.8 Å². The van der Waals surface area contributed by atoms with Gasteiger partial charge < -0.3 is 19.8 Å². The molecule has 1 aliphatic rings. The number of furan rings is 1. The monoisotopic (exact) mass is 399 g/mol. The van der Waals surface area contributed by atoms with Crippen molar-refractivity contribution in [2.24, 2.45) is 4.99 Å². The highest BCUT2D eigenvalue weighted by Crippen LogP contribution is 2.31. The van der Waals surface area contributed by atoms with E-state index in [-0.39, 0.29) is 30.0 Å². The Kier molecular flexibility index (Phi) is 5.49. The number of para-hydroxylation sites is 1. The van der Waals surface area contributed by atoms with E-state index < -0.39 is 0 Å². The minimum atomic E-state index is 0. The molecule has 5 nitrogen and oxygen atoms in total. The molecular formula is C15H18IN3O2. The molecule has 0 saturated carbocycles. The fraction of sp³-hybridized carbons (Fsp3) is 0.267. The summed E-state index contributed by atoms with van der Waals surface area (Å²) in [6.45, 7) is 1.21. The zero-order valence-corrected chi connectivity index (χ0v) is 14.0. The number of hydrogen-bond donors (Lipinski definition) is 2. The Labute approximate surface area is 140 Å². The van der Waals surface area contributed by atoms with Gasteiger partial charge in [0.25, 0.3) is 0 Å². The lowest BCUT2D eigenvalue weighted by Gasteiger charge is -2.16. The van der Waals surface area contributed by atoms with Gasteiger partial charge in [0.15, 0.2) is 5.96 Å². The van der Waals surface area contributed by atoms with Gasteiger partial charge in [-0.1, -0.05) is 18.2 Å². The van der Waals surface area contributed by atoms with Crippen LogP contribution in [-0.2, 0) is 6.54 Å². The van der Waals surface area contributed by atoms with Gasteiger partial charge in [0.1, 0.15) is 18.1 Å². The summed E-state index contributed by atoms with van der Waals surface area (Å²) in [5.41, 5.74) is 1.16. The second-order valence-electron chi connectivity index (χ2n) is 4.55. The van der Waals surface area contributed by atoms with Crippen molar-refractivity contribution < 1.29 is 9.15 Å². The predicted molar refractivity (Wildman–Crippen MR) is 92.1 cm³/mol. The van der Waals surface area contributed by atoms with E-state index in [0.717, 1.165) is 23.0 Å². The van der Waals surface area contributed by atoms with Crippen LogP contribution >= 0.6 is 24.0 Å². The highest BCUT2D eigenvalue weighted by molar-refractivity contribution is 14.0. The fourth-order valence-corrected chi connectivity index (χ4v) is 2.23. The maximum atomic E-state index is 5.64. The van der Waals surface area contributed by atoms with Crippen LogP contribution in [0.2, 0.25) is 0 Å². The quantitative estimate of drug-likeness (QED) is 0.474. The summed E-state index contributed by atoms with van der Waals surface area (Å²) in [4.78, 5) is 4.22. The molecule has 0 saturated heterocycles. The van der Waals surface area contributed by atoms with Crippen molar-refractivity contribution in [3.63, 3.8) is 0 Å². The molecule has 0 fully saturated rings. The summed E-state index contributed by atoms with van der Waals surface area (Å²) >= 11 is 0. The average Bonchev–Trinajstić information content (AvgIpc) is 3.13. The third kappa shape index (κ3) is 3.69. The van der Waals surface area contributed by atoms with E-state index in [1.54, 1.807) is 13.3 Å². The van der Waals surface area contributed by atoms with Crippen molar-refractivity contribution in [1.82, 2.24) is 10.6 Å². The molecule has 1 aliphatic heterocycles. The van der Waals surface area contributed by atoms with Crippen LogP contribution in [0.4, 0.5) is 0 Å². The van der Waals surface area contributed by atoms with E-state index in [9.17, 15) is 0 Å². The van der Waals surface area contributed by atoms with E-state index in [2.05, 4.69) is 21.7 Å². The van der Waals surface area contributed by atoms with E-state index >= 15 is 0 Å². The number of nitrogens with zero attached hydrogens (tertiary/aromatic N) is 1. The molecular weight excluding hydrogens is 381 g/mol.